The van der Waals surface area contributed by atoms with Crippen LogP contribution in [0.2, 0.25) is 0 Å². The number of nitrogens with one attached hydrogen (secondary N) is 2. The average molecular weight is 655 g/mol. The van der Waals surface area contributed by atoms with E-state index in [9.17, 15) is 0 Å². The van der Waals surface area contributed by atoms with E-state index in [1.54, 1.807) is 12.1 Å². The van der Waals surface area contributed by atoms with Crippen LogP contribution in [0.15, 0.2) is 146 Å². The van der Waals surface area contributed by atoms with Crippen LogP contribution in [0.3, 0.4) is 0 Å². The van der Waals surface area contributed by atoms with E-state index in [1.165, 1.54) is 0 Å². The number of nitrogen functional groups attached to an aromatic ring is 2. The summed E-state index contributed by atoms with van der Waals surface area (Å²) in [4.78, 5) is 0. The van der Waals surface area contributed by atoms with Crippen LogP contribution in [0.1, 0.15) is 22.5 Å². The Morgan fingerprint density at radius 3 is 1.26 bits per heavy atom. The lowest BCUT2D eigenvalue weighted by molar-refractivity contribution is 0.483. The number of benzene rings is 6. The molecule has 6 N–H and O–H groups in total. The molecule has 0 saturated carbocycles. The molecule has 0 unspecified atom stereocenters. The highest BCUT2D eigenvalue weighted by molar-refractivity contribution is 5.91. The van der Waals surface area contributed by atoms with Crippen LogP contribution in [0.5, 0.6) is 23.0 Å². The highest BCUT2D eigenvalue weighted by atomic mass is 16.5. The van der Waals surface area contributed by atoms with Crippen molar-refractivity contribution in [1.29, 1.82) is 0 Å². The van der Waals surface area contributed by atoms with Crippen molar-refractivity contribution >= 4 is 57.5 Å². The lowest BCUT2D eigenvalue weighted by Crippen LogP contribution is -1.87. The lowest BCUT2D eigenvalue weighted by Gasteiger charge is -2.06. The summed E-state index contributed by atoms with van der Waals surface area (Å²) in [6, 6.07) is 46.8. The van der Waals surface area contributed by atoms with E-state index in [4.69, 9.17) is 20.9 Å². The summed E-state index contributed by atoms with van der Waals surface area (Å²) >= 11 is 0. The minimum absolute atomic E-state index is 0.674. The first kappa shape index (κ1) is 31.5. The van der Waals surface area contributed by atoms with Gasteiger partial charge >= 0.3 is 0 Å². The summed E-state index contributed by atoms with van der Waals surface area (Å²) in [5.74, 6) is 2.90. The highest BCUT2D eigenvalue weighted by Crippen LogP contribution is 2.29. The fourth-order valence-corrected chi connectivity index (χ4v) is 5.33. The van der Waals surface area contributed by atoms with Gasteiger partial charge < -0.3 is 20.9 Å². The summed E-state index contributed by atoms with van der Waals surface area (Å²) in [6.07, 6.45) is 8.11. The Kier molecular flexibility index (Phi) is 9.33. The van der Waals surface area contributed by atoms with Crippen molar-refractivity contribution in [3.63, 3.8) is 0 Å². The maximum atomic E-state index is 5.86. The number of aromatic amines is 2. The molecule has 0 bridgehead atoms. The molecule has 2 aromatic heterocycles. The van der Waals surface area contributed by atoms with Crippen molar-refractivity contribution in [2.45, 2.75) is 0 Å². The third-order valence-electron chi connectivity index (χ3n) is 7.78. The molecule has 0 radical (unpaired) electrons. The van der Waals surface area contributed by atoms with Gasteiger partial charge in [-0.15, -0.1) is 0 Å². The maximum Gasteiger partial charge on any atom is 0.129 e. The Bertz CT molecular complexity index is 2240. The molecule has 50 heavy (non-hydrogen) atoms. The number of hydrogen-bond donors (Lipinski definition) is 4. The Labute approximate surface area is 289 Å². The van der Waals surface area contributed by atoms with Gasteiger partial charge in [-0.25, -0.2) is 0 Å². The van der Waals surface area contributed by atoms with E-state index >= 15 is 0 Å². The van der Waals surface area contributed by atoms with Gasteiger partial charge in [-0.3, -0.25) is 10.2 Å². The number of anilines is 2. The van der Waals surface area contributed by atoms with Crippen LogP contribution in [0.25, 0.3) is 46.1 Å². The Balaban J connectivity index is 0.000000157. The van der Waals surface area contributed by atoms with Gasteiger partial charge in [0.05, 0.1) is 22.4 Å². The molecule has 0 atom stereocenters. The molecule has 0 aliphatic rings. The van der Waals surface area contributed by atoms with Crippen molar-refractivity contribution in [2.75, 3.05) is 11.5 Å². The second kappa shape index (κ2) is 14.8. The predicted molar refractivity (Wildman–Crippen MR) is 205 cm³/mol. The fourth-order valence-electron chi connectivity index (χ4n) is 5.33. The van der Waals surface area contributed by atoms with E-state index in [0.29, 0.717) is 22.9 Å². The first-order valence-electron chi connectivity index (χ1n) is 16.0. The highest BCUT2D eigenvalue weighted by Gasteiger charge is 2.07. The molecule has 8 rings (SSSR count). The molecular formula is C42H34N6O2. The molecule has 2 heterocycles. The summed E-state index contributed by atoms with van der Waals surface area (Å²) in [5, 5.41) is 17.0. The third kappa shape index (κ3) is 7.90. The molecule has 0 spiro atoms. The molecule has 8 aromatic rings. The number of nitrogens with two attached hydrogens (primary N) is 2. The second-order valence-corrected chi connectivity index (χ2v) is 11.5. The largest absolute Gasteiger partial charge is 0.457 e. The Hall–Kier alpha value is -7.06. The zero-order chi connectivity index (χ0) is 34.1. The van der Waals surface area contributed by atoms with Crippen LogP contribution in [-0.2, 0) is 0 Å². The van der Waals surface area contributed by atoms with E-state index in [-0.39, 0.29) is 0 Å². The summed E-state index contributed by atoms with van der Waals surface area (Å²) in [6.45, 7) is 0. The first-order chi connectivity index (χ1) is 24.6. The van der Waals surface area contributed by atoms with E-state index in [1.807, 2.05) is 133 Å². The van der Waals surface area contributed by atoms with Crippen LogP contribution in [-0.4, -0.2) is 20.4 Å². The monoisotopic (exact) mass is 654 g/mol. The smallest absolute Gasteiger partial charge is 0.129 e. The van der Waals surface area contributed by atoms with E-state index in [0.717, 1.165) is 55.8 Å². The molecule has 8 nitrogen and oxygen atoms in total. The van der Waals surface area contributed by atoms with Crippen molar-refractivity contribution in [1.82, 2.24) is 20.4 Å². The number of fused-ring (bicyclic) bond motifs is 2. The van der Waals surface area contributed by atoms with Gasteiger partial charge in [0.25, 0.3) is 0 Å². The molecule has 6 aromatic carbocycles. The third-order valence-corrected chi connectivity index (χ3v) is 7.78. The molecule has 244 valence electrons. The molecule has 0 fully saturated rings. The van der Waals surface area contributed by atoms with Crippen LogP contribution in [0.4, 0.5) is 11.4 Å². The second-order valence-electron chi connectivity index (χ2n) is 11.5. The number of hydrogen-bond acceptors (Lipinski definition) is 6. The quantitative estimate of drug-likeness (QED) is 0.121. The minimum atomic E-state index is 0.674. The number of rotatable bonds is 8. The van der Waals surface area contributed by atoms with Gasteiger partial charge in [-0.1, -0.05) is 84.9 Å². The normalized spacial score (nSPS) is 11.2. The van der Waals surface area contributed by atoms with Crippen molar-refractivity contribution < 1.29 is 9.47 Å². The molecule has 8 heteroatoms. The zero-order valence-corrected chi connectivity index (χ0v) is 27.0. The van der Waals surface area contributed by atoms with Gasteiger partial charge in [0, 0.05) is 46.4 Å². The molecule has 0 aliphatic carbocycles. The van der Waals surface area contributed by atoms with Gasteiger partial charge in [-0.05, 0) is 71.8 Å². The lowest BCUT2D eigenvalue weighted by atomic mass is 10.1. The fraction of sp³-hybridized carbons (Fsp3) is 0. The molecule has 0 amide bonds. The minimum Gasteiger partial charge on any atom is -0.457 e. The maximum absolute atomic E-state index is 5.86. The standard InChI is InChI=1S/2C21H17N3O/c2*22-16-7-4-8-17(13-16)25-18-10-11-19-20(23-24-21(19)14-18)12-9-15-5-2-1-3-6-15/h2*1-14H,22H2,(H,23,24)/b2*12-9+. The van der Waals surface area contributed by atoms with Crippen LogP contribution < -0.4 is 20.9 Å². The molecular weight excluding hydrogens is 621 g/mol. The van der Waals surface area contributed by atoms with Crippen molar-refractivity contribution in [3.05, 3.63) is 168 Å². The Morgan fingerprint density at radius 1 is 0.420 bits per heavy atom. The van der Waals surface area contributed by atoms with Gasteiger partial charge in [0.1, 0.15) is 23.0 Å². The topological polar surface area (TPSA) is 128 Å². The summed E-state index contributed by atoms with van der Waals surface area (Å²) < 4.78 is 11.7. The van der Waals surface area contributed by atoms with Gasteiger partial charge in [0.15, 0.2) is 0 Å². The van der Waals surface area contributed by atoms with E-state index < -0.39 is 0 Å². The first-order valence-corrected chi connectivity index (χ1v) is 16.0. The summed E-state index contributed by atoms with van der Waals surface area (Å²) in [7, 11) is 0. The van der Waals surface area contributed by atoms with E-state index in [2.05, 4.69) is 44.7 Å². The van der Waals surface area contributed by atoms with Crippen molar-refractivity contribution in [3.8, 4) is 23.0 Å². The molecule has 0 saturated heterocycles. The van der Waals surface area contributed by atoms with Crippen LogP contribution >= 0.6 is 0 Å². The Morgan fingerprint density at radius 2 is 0.840 bits per heavy atom. The van der Waals surface area contributed by atoms with Crippen molar-refractivity contribution in [2.24, 2.45) is 0 Å². The molecule has 0 aliphatic heterocycles. The van der Waals surface area contributed by atoms with Gasteiger partial charge in [0.2, 0.25) is 0 Å². The number of nitrogens with zero attached hydrogens (tertiary/aromatic N) is 2. The van der Waals surface area contributed by atoms with Crippen LogP contribution in [0, 0.1) is 0 Å². The SMILES string of the molecule is Nc1cccc(Oc2ccc3c(/C=C/c4ccccc4)n[nH]c3c2)c1.Nc1cccc(Oc2ccc3c(/C=C/c4ccccc4)n[nH]c3c2)c1. The number of ether oxygens (including phenoxy) is 2. The van der Waals surface area contributed by atoms with Gasteiger partial charge in [-0.2, -0.15) is 10.2 Å². The summed E-state index contributed by atoms with van der Waals surface area (Å²) in [5.41, 5.74) is 18.8. The predicted octanol–water partition coefficient (Wildman–Crippen LogP) is 10.2. The average Bonchev–Trinajstić information content (AvgIpc) is 3.74. The number of aromatic nitrogens is 4. The zero-order valence-electron chi connectivity index (χ0n) is 27.0. The number of H-pyrrole nitrogens is 2.